The molecule has 0 unspecified atom stereocenters. The number of nitrogens with zero attached hydrogens (tertiary/aromatic N) is 4. The van der Waals surface area contributed by atoms with E-state index >= 15 is 0 Å². The van der Waals surface area contributed by atoms with Crippen LogP contribution in [0.3, 0.4) is 0 Å². The molecule has 2 aromatic heterocycles. The molecule has 1 amide bonds. The summed E-state index contributed by atoms with van der Waals surface area (Å²) in [5, 5.41) is 6.20. The first-order chi connectivity index (χ1) is 16.1. The highest BCUT2D eigenvalue weighted by atomic mass is 35.5. The van der Waals surface area contributed by atoms with Crippen molar-refractivity contribution in [3.05, 3.63) is 93.5 Å². The van der Waals surface area contributed by atoms with Gasteiger partial charge >= 0.3 is 0 Å². The van der Waals surface area contributed by atoms with Gasteiger partial charge in [0.15, 0.2) is 5.89 Å². The lowest BCUT2D eigenvalue weighted by atomic mass is 9.98. The summed E-state index contributed by atoms with van der Waals surface area (Å²) in [5.74, 6) is 1.26. The van der Waals surface area contributed by atoms with E-state index in [2.05, 4.69) is 10.1 Å². The van der Waals surface area contributed by atoms with Crippen LogP contribution in [0.5, 0.6) is 0 Å². The number of amides is 1. The Kier molecular flexibility index (Phi) is 5.96. The summed E-state index contributed by atoms with van der Waals surface area (Å²) in [6.45, 7) is 1.07. The Morgan fingerprint density at radius 2 is 1.94 bits per heavy atom. The number of oxazole rings is 1. The van der Waals surface area contributed by atoms with Crippen LogP contribution in [0, 0.1) is 0 Å². The van der Waals surface area contributed by atoms with E-state index in [1.165, 1.54) is 4.68 Å². The maximum absolute atomic E-state index is 13.0. The third kappa shape index (κ3) is 4.54. The highest BCUT2D eigenvalue weighted by molar-refractivity contribution is 6.31. The molecule has 8 heteroatoms. The third-order valence-corrected chi connectivity index (χ3v) is 6.43. The summed E-state index contributed by atoms with van der Waals surface area (Å²) >= 11 is 6.26. The molecule has 2 aromatic carbocycles. The van der Waals surface area contributed by atoms with E-state index in [1.807, 2.05) is 42.5 Å². The molecular formula is C25H23ClN4O3. The van der Waals surface area contributed by atoms with Gasteiger partial charge in [0, 0.05) is 29.9 Å². The zero-order valence-corrected chi connectivity index (χ0v) is 18.7. The molecule has 1 saturated heterocycles. The van der Waals surface area contributed by atoms with Crippen LogP contribution in [0.25, 0.3) is 10.8 Å². The second-order valence-corrected chi connectivity index (χ2v) is 8.71. The van der Waals surface area contributed by atoms with Crippen molar-refractivity contribution < 1.29 is 9.21 Å². The smallest absolute Gasteiger partial charge is 0.275 e. The fraction of sp³-hybridized carbons (Fsp3) is 0.280. The number of carbonyl (C=O) groups is 1. The summed E-state index contributed by atoms with van der Waals surface area (Å²) in [4.78, 5) is 31.9. The number of carbonyl (C=O) groups excluding carboxylic acids is 1. The highest BCUT2D eigenvalue weighted by Gasteiger charge is 2.28. The van der Waals surface area contributed by atoms with Gasteiger partial charge in [-0.15, -0.1) is 0 Å². The second kappa shape index (κ2) is 9.19. The van der Waals surface area contributed by atoms with Gasteiger partial charge in [-0.25, -0.2) is 9.67 Å². The van der Waals surface area contributed by atoms with E-state index in [9.17, 15) is 9.59 Å². The van der Waals surface area contributed by atoms with E-state index in [0.29, 0.717) is 35.8 Å². The van der Waals surface area contributed by atoms with Gasteiger partial charge in [-0.05, 0) is 30.5 Å². The van der Waals surface area contributed by atoms with Gasteiger partial charge in [0.1, 0.15) is 12.3 Å². The summed E-state index contributed by atoms with van der Waals surface area (Å²) in [6.07, 6.45) is 5.66. The Balaban J connectivity index is 1.27. The first-order valence-corrected chi connectivity index (χ1v) is 11.4. The molecule has 0 spiro atoms. The lowest BCUT2D eigenvalue weighted by molar-refractivity contribution is -0.133. The summed E-state index contributed by atoms with van der Waals surface area (Å²) < 4.78 is 7.26. The molecule has 33 heavy (non-hydrogen) atoms. The maximum atomic E-state index is 13.0. The molecule has 4 aromatic rings. The lowest BCUT2D eigenvalue weighted by Crippen LogP contribution is -2.42. The van der Waals surface area contributed by atoms with Gasteiger partial charge in [-0.3, -0.25) is 9.59 Å². The van der Waals surface area contributed by atoms with Crippen molar-refractivity contribution in [1.29, 1.82) is 0 Å². The molecule has 5 rings (SSSR count). The van der Waals surface area contributed by atoms with Gasteiger partial charge in [-0.1, -0.05) is 48.0 Å². The quantitative estimate of drug-likeness (QED) is 0.447. The lowest BCUT2D eigenvalue weighted by Gasteiger charge is -2.31. The molecule has 3 heterocycles. The molecule has 0 saturated carbocycles. The molecule has 0 N–H and O–H groups in total. The molecule has 0 aliphatic carbocycles. The van der Waals surface area contributed by atoms with E-state index < -0.39 is 0 Å². The van der Waals surface area contributed by atoms with Crippen molar-refractivity contribution in [3.8, 4) is 0 Å². The van der Waals surface area contributed by atoms with E-state index in [0.717, 1.165) is 29.6 Å². The van der Waals surface area contributed by atoms with Crippen LogP contribution in [-0.4, -0.2) is 38.7 Å². The van der Waals surface area contributed by atoms with Crippen molar-refractivity contribution in [2.45, 2.75) is 31.7 Å². The SMILES string of the molecule is O=C(Cn1ncc2ccccc2c1=O)N1CCC[C@H](c2ncc(Cc3ccccc3Cl)o2)C1. The standard InChI is InChI=1S/C25H23ClN4O3/c26-22-10-4-2-6-17(22)12-20-14-27-24(33-20)19-8-5-11-29(15-19)23(31)16-30-25(32)21-9-3-1-7-18(21)13-28-30/h1-4,6-7,9-10,13-14,19H,5,8,11-12,15-16H2/t19-/m0/s1. The first-order valence-electron chi connectivity index (χ1n) is 11.0. The third-order valence-electron chi connectivity index (χ3n) is 6.06. The van der Waals surface area contributed by atoms with E-state index in [-0.39, 0.29) is 23.9 Å². The molecule has 1 aliphatic heterocycles. The molecule has 0 bridgehead atoms. The number of benzene rings is 2. The number of likely N-dealkylation sites (tertiary alicyclic amines) is 1. The Bertz CT molecular complexity index is 1360. The minimum atomic E-state index is -0.257. The molecule has 0 radical (unpaired) electrons. The summed E-state index contributed by atoms with van der Waals surface area (Å²) in [7, 11) is 0. The van der Waals surface area contributed by atoms with Crippen molar-refractivity contribution in [1.82, 2.24) is 19.7 Å². The van der Waals surface area contributed by atoms with Crippen LogP contribution in [0.1, 0.15) is 36.0 Å². The first kappa shape index (κ1) is 21.4. The topological polar surface area (TPSA) is 81.2 Å². The number of hydrogen-bond acceptors (Lipinski definition) is 5. The van der Waals surface area contributed by atoms with Crippen LogP contribution in [-0.2, 0) is 17.8 Å². The van der Waals surface area contributed by atoms with E-state index in [1.54, 1.807) is 23.4 Å². The Labute approximate surface area is 195 Å². The molecule has 7 nitrogen and oxygen atoms in total. The van der Waals surface area contributed by atoms with Crippen molar-refractivity contribution in [3.63, 3.8) is 0 Å². The summed E-state index contributed by atoms with van der Waals surface area (Å²) in [6, 6.07) is 14.9. The van der Waals surface area contributed by atoms with Crippen molar-refractivity contribution >= 4 is 28.3 Å². The largest absolute Gasteiger partial charge is 0.445 e. The van der Waals surface area contributed by atoms with Gasteiger partial charge in [0.25, 0.3) is 5.56 Å². The van der Waals surface area contributed by atoms with E-state index in [4.69, 9.17) is 16.0 Å². The van der Waals surface area contributed by atoms with Crippen LogP contribution < -0.4 is 5.56 Å². The predicted molar refractivity (Wildman–Crippen MR) is 125 cm³/mol. The van der Waals surface area contributed by atoms with Gasteiger partial charge in [-0.2, -0.15) is 5.10 Å². The molecular weight excluding hydrogens is 440 g/mol. The molecule has 1 fully saturated rings. The number of fused-ring (bicyclic) bond motifs is 1. The summed E-state index contributed by atoms with van der Waals surface area (Å²) in [5.41, 5.74) is 0.725. The molecule has 1 atom stereocenters. The highest BCUT2D eigenvalue weighted by Crippen LogP contribution is 2.28. The number of hydrogen-bond donors (Lipinski definition) is 0. The van der Waals surface area contributed by atoms with Crippen LogP contribution in [0.2, 0.25) is 5.02 Å². The second-order valence-electron chi connectivity index (χ2n) is 8.31. The number of halogens is 1. The van der Waals surface area contributed by atoms with Gasteiger partial charge < -0.3 is 9.32 Å². The predicted octanol–water partition coefficient (Wildman–Crippen LogP) is 4.03. The molecule has 168 valence electrons. The normalized spacial score (nSPS) is 16.3. The van der Waals surface area contributed by atoms with Crippen LogP contribution in [0.15, 0.2) is 70.1 Å². The monoisotopic (exact) mass is 462 g/mol. The minimum Gasteiger partial charge on any atom is -0.445 e. The maximum Gasteiger partial charge on any atom is 0.275 e. The average Bonchev–Trinajstić information content (AvgIpc) is 3.31. The fourth-order valence-corrected chi connectivity index (χ4v) is 4.50. The minimum absolute atomic E-state index is 0.0176. The fourth-order valence-electron chi connectivity index (χ4n) is 4.30. The number of rotatable bonds is 5. The number of piperidine rings is 1. The Hall–Kier alpha value is -3.45. The van der Waals surface area contributed by atoms with Crippen molar-refractivity contribution in [2.24, 2.45) is 0 Å². The zero-order chi connectivity index (χ0) is 22.8. The zero-order valence-electron chi connectivity index (χ0n) is 18.0. The Morgan fingerprint density at radius 1 is 1.12 bits per heavy atom. The van der Waals surface area contributed by atoms with Crippen molar-refractivity contribution in [2.75, 3.05) is 13.1 Å². The van der Waals surface area contributed by atoms with Crippen LogP contribution in [0.4, 0.5) is 0 Å². The number of aromatic nitrogens is 3. The van der Waals surface area contributed by atoms with Crippen LogP contribution >= 0.6 is 11.6 Å². The van der Waals surface area contributed by atoms with Gasteiger partial charge in [0.2, 0.25) is 5.91 Å². The molecule has 1 aliphatic rings. The Morgan fingerprint density at radius 3 is 2.82 bits per heavy atom. The average molecular weight is 463 g/mol. The van der Waals surface area contributed by atoms with Gasteiger partial charge in [0.05, 0.1) is 23.7 Å².